The van der Waals surface area contributed by atoms with Crippen molar-refractivity contribution in [1.29, 1.82) is 0 Å². The van der Waals surface area contributed by atoms with Crippen molar-refractivity contribution in [1.82, 2.24) is 10.2 Å². The fraction of sp³-hybridized carbons (Fsp3) is 0.200. The lowest BCUT2D eigenvalue weighted by Crippen LogP contribution is -2.42. The molecule has 3 rings (SSSR count). The number of benzene rings is 2. The van der Waals surface area contributed by atoms with Crippen molar-refractivity contribution < 1.29 is 23.9 Å². The zero-order valence-corrected chi connectivity index (χ0v) is 17.5. The highest BCUT2D eigenvalue weighted by Gasteiger charge is 2.50. The Kier molecular flexibility index (Phi) is 6.00. The number of anilines is 1. The molecule has 1 atom stereocenters. The number of nitrogens with one attached hydrogen (secondary N) is 2. The lowest BCUT2D eigenvalue weighted by atomic mass is 9.92. The molecule has 0 saturated carbocycles. The molecule has 0 spiro atoms. The molecule has 1 aliphatic heterocycles. The minimum Gasteiger partial charge on any atom is -0.465 e. The Labute approximate surface area is 182 Å². The predicted molar refractivity (Wildman–Crippen MR) is 110 cm³/mol. The lowest BCUT2D eigenvalue weighted by molar-refractivity contribution is -0.133. The number of ether oxygens (including phenoxy) is 1. The summed E-state index contributed by atoms with van der Waals surface area (Å²) in [6.07, 6.45) is 0. The number of carbonyl (C=O) groups excluding carboxylic acids is 4. The number of hydrogen-bond donors (Lipinski definition) is 2. The van der Waals surface area contributed by atoms with E-state index in [4.69, 9.17) is 23.2 Å². The van der Waals surface area contributed by atoms with E-state index in [1.54, 1.807) is 24.3 Å². The number of esters is 1. The number of carbonyl (C=O) groups is 4. The molecule has 1 heterocycles. The van der Waals surface area contributed by atoms with Crippen LogP contribution in [0.4, 0.5) is 10.5 Å². The Morgan fingerprint density at radius 1 is 1.17 bits per heavy atom. The van der Waals surface area contributed by atoms with Crippen LogP contribution in [0.25, 0.3) is 0 Å². The number of halogens is 2. The quantitative estimate of drug-likeness (QED) is 0.538. The van der Waals surface area contributed by atoms with E-state index in [0.717, 1.165) is 4.90 Å². The monoisotopic (exact) mass is 449 g/mol. The minimum atomic E-state index is -1.46. The van der Waals surface area contributed by atoms with Gasteiger partial charge in [0.2, 0.25) is 5.91 Å². The first kappa shape index (κ1) is 21.6. The van der Waals surface area contributed by atoms with Crippen LogP contribution in [0.2, 0.25) is 10.0 Å². The predicted octanol–water partition coefficient (Wildman–Crippen LogP) is 3.19. The van der Waals surface area contributed by atoms with Gasteiger partial charge in [0.15, 0.2) is 0 Å². The van der Waals surface area contributed by atoms with Crippen molar-refractivity contribution in [3.8, 4) is 0 Å². The standard InChI is InChI=1S/C20H17Cl2N3O5/c1-20(13-8-7-11(21)9-14(13)22)18(28)25(19(29)24-20)10-16(26)23-15-6-4-3-5-12(15)17(27)30-2/h3-9H,10H2,1-2H3,(H,23,26)(H,24,29)/t20-/m0/s1. The van der Waals surface area contributed by atoms with Gasteiger partial charge in [0.05, 0.1) is 18.4 Å². The van der Waals surface area contributed by atoms with Gasteiger partial charge in [-0.05, 0) is 31.2 Å². The van der Waals surface area contributed by atoms with Gasteiger partial charge in [-0.1, -0.05) is 41.4 Å². The number of methoxy groups -OCH3 is 1. The first-order chi connectivity index (χ1) is 14.2. The first-order valence-corrected chi connectivity index (χ1v) is 9.50. The highest BCUT2D eigenvalue weighted by Crippen LogP contribution is 2.35. The topological polar surface area (TPSA) is 105 Å². The molecule has 4 amide bonds. The van der Waals surface area contributed by atoms with Crippen LogP contribution in [0.1, 0.15) is 22.8 Å². The zero-order valence-electron chi connectivity index (χ0n) is 16.0. The van der Waals surface area contributed by atoms with E-state index in [1.807, 2.05) is 0 Å². The van der Waals surface area contributed by atoms with Gasteiger partial charge in [0, 0.05) is 15.6 Å². The second-order valence-electron chi connectivity index (χ2n) is 6.66. The molecule has 8 nitrogen and oxygen atoms in total. The molecule has 0 unspecified atom stereocenters. The maximum atomic E-state index is 13.0. The molecule has 2 aromatic carbocycles. The van der Waals surface area contributed by atoms with Crippen LogP contribution >= 0.6 is 23.2 Å². The molecule has 1 aliphatic rings. The fourth-order valence-electron chi connectivity index (χ4n) is 3.13. The van der Waals surface area contributed by atoms with E-state index < -0.39 is 35.9 Å². The summed E-state index contributed by atoms with van der Waals surface area (Å²) in [6.45, 7) is 0.938. The average Bonchev–Trinajstić information content (AvgIpc) is 2.91. The van der Waals surface area contributed by atoms with Crippen molar-refractivity contribution in [2.24, 2.45) is 0 Å². The van der Waals surface area contributed by atoms with Crippen LogP contribution < -0.4 is 10.6 Å². The summed E-state index contributed by atoms with van der Waals surface area (Å²) in [5.74, 6) is -1.94. The summed E-state index contributed by atoms with van der Waals surface area (Å²) in [4.78, 5) is 50.5. The van der Waals surface area contributed by atoms with Gasteiger partial charge in [0.25, 0.3) is 5.91 Å². The van der Waals surface area contributed by atoms with Gasteiger partial charge in [-0.15, -0.1) is 0 Å². The Morgan fingerprint density at radius 2 is 1.87 bits per heavy atom. The molecule has 1 saturated heterocycles. The maximum Gasteiger partial charge on any atom is 0.339 e. The minimum absolute atomic E-state index is 0.142. The normalized spacial score (nSPS) is 18.2. The van der Waals surface area contributed by atoms with Gasteiger partial charge in [-0.2, -0.15) is 0 Å². The largest absolute Gasteiger partial charge is 0.465 e. The fourth-order valence-corrected chi connectivity index (χ4v) is 3.73. The molecular formula is C20H17Cl2N3O5. The van der Waals surface area contributed by atoms with E-state index >= 15 is 0 Å². The van der Waals surface area contributed by atoms with Gasteiger partial charge >= 0.3 is 12.0 Å². The molecule has 0 aromatic heterocycles. The van der Waals surface area contributed by atoms with Gasteiger partial charge in [-0.25, -0.2) is 9.59 Å². The highest BCUT2D eigenvalue weighted by molar-refractivity contribution is 6.35. The average molecular weight is 450 g/mol. The Bertz CT molecular complexity index is 1060. The number of amides is 4. The summed E-state index contributed by atoms with van der Waals surface area (Å²) in [7, 11) is 1.22. The van der Waals surface area contributed by atoms with E-state index in [1.165, 1.54) is 32.2 Å². The first-order valence-electron chi connectivity index (χ1n) is 8.74. The number of para-hydroxylation sites is 1. The Balaban J connectivity index is 1.79. The second kappa shape index (κ2) is 8.33. The van der Waals surface area contributed by atoms with Crippen molar-refractivity contribution in [3.05, 3.63) is 63.6 Å². The number of rotatable bonds is 5. The Morgan fingerprint density at radius 3 is 2.53 bits per heavy atom. The van der Waals surface area contributed by atoms with Crippen LogP contribution in [0, 0.1) is 0 Å². The summed E-state index contributed by atoms with van der Waals surface area (Å²) in [6, 6.07) is 10.0. The zero-order chi connectivity index (χ0) is 22.1. The molecule has 10 heteroatoms. The third-order valence-electron chi connectivity index (χ3n) is 4.65. The van der Waals surface area contributed by atoms with Crippen molar-refractivity contribution in [2.45, 2.75) is 12.5 Å². The van der Waals surface area contributed by atoms with Crippen LogP contribution in [0.3, 0.4) is 0 Å². The molecule has 0 aliphatic carbocycles. The molecule has 30 heavy (non-hydrogen) atoms. The maximum absolute atomic E-state index is 13.0. The van der Waals surface area contributed by atoms with Crippen LogP contribution in [0.5, 0.6) is 0 Å². The molecule has 0 radical (unpaired) electrons. The van der Waals surface area contributed by atoms with Crippen molar-refractivity contribution >= 4 is 52.7 Å². The molecule has 1 fully saturated rings. The van der Waals surface area contributed by atoms with Gasteiger partial charge < -0.3 is 15.4 Å². The summed E-state index contributed by atoms with van der Waals surface area (Å²) in [5.41, 5.74) is -0.762. The van der Waals surface area contributed by atoms with Gasteiger partial charge in [-0.3, -0.25) is 14.5 Å². The molecule has 2 N–H and O–H groups in total. The van der Waals surface area contributed by atoms with Crippen molar-refractivity contribution in [2.75, 3.05) is 19.0 Å². The molecule has 2 aromatic rings. The van der Waals surface area contributed by atoms with E-state index in [0.29, 0.717) is 10.6 Å². The van der Waals surface area contributed by atoms with Crippen LogP contribution in [0.15, 0.2) is 42.5 Å². The molecule has 0 bridgehead atoms. The smallest absolute Gasteiger partial charge is 0.339 e. The number of hydrogen-bond acceptors (Lipinski definition) is 5. The Hall–Kier alpha value is -3.10. The van der Waals surface area contributed by atoms with E-state index in [-0.39, 0.29) is 16.3 Å². The number of urea groups is 1. The highest BCUT2D eigenvalue weighted by atomic mass is 35.5. The third-order valence-corrected chi connectivity index (χ3v) is 5.20. The van der Waals surface area contributed by atoms with Gasteiger partial charge in [0.1, 0.15) is 12.1 Å². The van der Waals surface area contributed by atoms with E-state index in [2.05, 4.69) is 15.4 Å². The lowest BCUT2D eigenvalue weighted by Gasteiger charge is -2.23. The van der Waals surface area contributed by atoms with Crippen LogP contribution in [-0.4, -0.2) is 42.4 Å². The van der Waals surface area contributed by atoms with Crippen molar-refractivity contribution in [3.63, 3.8) is 0 Å². The number of nitrogens with zero attached hydrogens (tertiary/aromatic N) is 1. The second-order valence-corrected chi connectivity index (χ2v) is 7.50. The summed E-state index contributed by atoms with van der Waals surface area (Å²) < 4.78 is 4.68. The molecule has 156 valence electrons. The SMILES string of the molecule is COC(=O)c1ccccc1NC(=O)CN1C(=O)N[C@@](C)(c2ccc(Cl)cc2Cl)C1=O. The third kappa shape index (κ3) is 3.96. The van der Waals surface area contributed by atoms with E-state index in [9.17, 15) is 19.2 Å². The number of imide groups is 1. The van der Waals surface area contributed by atoms with Crippen LogP contribution in [-0.2, 0) is 19.9 Å². The molecular weight excluding hydrogens is 433 g/mol. The summed E-state index contributed by atoms with van der Waals surface area (Å²) >= 11 is 12.1. The summed E-state index contributed by atoms with van der Waals surface area (Å²) in [5, 5.41) is 5.68.